The molecule has 1 aliphatic rings. The second kappa shape index (κ2) is 7.84. The Morgan fingerprint density at radius 2 is 2.07 bits per heavy atom. The summed E-state index contributed by atoms with van der Waals surface area (Å²) in [4.78, 5) is 30.1. The Balaban J connectivity index is 1.64. The number of amides is 1. The van der Waals surface area contributed by atoms with Crippen LogP contribution >= 0.6 is 11.3 Å². The Morgan fingerprint density at radius 1 is 1.33 bits per heavy atom. The normalized spacial score (nSPS) is 22.6. The summed E-state index contributed by atoms with van der Waals surface area (Å²) in [5.41, 5.74) is 8.37. The highest BCUT2D eigenvalue weighted by Crippen LogP contribution is 2.35. The molecule has 1 aliphatic carbocycles. The van der Waals surface area contributed by atoms with E-state index in [4.69, 9.17) is 10.5 Å². The van der Waals surface area contributed by atoms with Crippen LogP contribution in [0.15, 0.2) is 6.07 Å². The summed E-state index contributed by atoms with van der Waals surface area (Å²) in [7, 11) is 0. The van der Waals surface area contributed by atoms with Gasteiger partial charge in [0, 0.05) is 17.1 Å². The molecule has 2 aromatic rings. The maximum atomic E-state index is 12.4. The molecule has 3 atom stereocenters. The predicted octanol–water partition coefficient (Wildman–Crippen LogP) is 3.59. The van der Waals surface area contributed by atoms with Crippen LogP contribution in [-0.4, -0.2) is 29.5 Å². The number of ether oxygens (including phenoxy) is 1. The first-order valence-corrected chi connectivity index (χ1v) is 10.2. The highest BCUT2D eigenvalue weighted by Gasteiger charge is 2.28. The van der Waals surface area contributed by atoms with Crippen molar-refractivity contribution in [2.75, 3.05) is 12.3 Å². The molecule has 2 heterocycles. The quantitative estimate of drug-likeness (QED) is 0.779. The zero-order valence-electron chi connectivity index (χ0n) is 16.3. The lowest BCUT2D eigenvalue weighted by atomic mass is 9.78. The molecule has 1 fully saturated rings. The number of nitrogens with zero attached hydrogens (tertiary/aromatic N) is 1. The number of nitrogens with two attached hydrogens (primary N) is 1. The minimum atomic E-state index is -0.576. The van der Waals surface area contributed by atoms with Gasteiger partial charge >= 0.3 is 5.97 Å². The summed E-state index contributed by atoms with van der Waals surface area (Å²) in [6.45, 7) is 7.92. The van der Waals surface area contributed by atoms with Crippen LogP contribution in [0.1, 0.15) is 54.0 Å². The molecule has 1 amide bonds. The molecule has 146 valence electrons. The van der Waals surface area contributed by atoms with Gasteiger partial charge in [-0.3, -0.25) is 4.79 Å². The summed E-state index contributed by atoms with van der Waals surface area (Å²) < 4.78 is 5.23. The van der Waals surface area contributed by atoms with Crippen LogP contribution < -0.4 is 11.1 Å². The average Bonchev–Trinajstić information content (AvgIpc) is 2.93. The van der Waals surface area contributed by atoms with Gasteiger partial charge in [-0.25, -0.2) is 9.78 Å². The number of aryl methyl sites for hydroxylation is 2. The van der Waals surface area contributed by atoms with E-state index in [0.717, 1.165) is 29.5 Å². The first-order valence-electron chi connectivity index (χ1n) is 9.40. The molecule has 2 aromatic heterocycles. The van der Waals surface area contributed by atoms with Crippen molar-refractivity contribution in [2.45, 2.75) is 53.0 Å². The maximum absolute atomic E-state index is 12.4. The number of anilines is 1. The van der Waals surface area contributed by atoms with Crippen LogP contribution in [0.3, 0.4) is 0 Å². The molecule has 0 aromatic carbocycles. The lowest BCUT2D eigenvalue weighted by molar-refractivity contribution is -0.125. The van der Waals surface area contributed by atoms with Gasteiger partial charge in [0.25, 0.3) is 5.91 Å². The number of fused-ring (bicyclic) bond motifs is 1. The van der Waals surface area contributed by atoms with Gasteiger partial charge in [0.1, 0.15) is 9.71 Å². The summed E-state index contributed by atoms with van der Waals surface area (Å²) in [6, 6.07) is 2.07. The molecule has 3 N–H and O–H groups in total. The molecule has 6 nitrogen and oxygen atoms in total. The van der Waals surface area contributed by atoms with Crippen molar-refractivity contribution < 1.29 is 14.3 Å². The van der Waals surface area contributed by atoms with Crippen molar-refractivity contribution in [1.29, 1.82) is 0 Å². The van der Waals surface area contributed by atoms with Crippen molar-refractivity contribution in [1.82, 2.24) is 10.3 Å². The fraction of sp³-hybridized carbons (Fsp3) is 0.550. The molecule has 0 spiro atoms. The van der Waals surface area contributed by atoms with Gasteiger partial charge in [-0.15, -0.1) is 11.3 Å². The van der Waals surface area contributed by atoms with Crippen LogP contribution in [-0.2, 0) is 9.53 Å². The second-order valence-corrected chi connectivity index (χ2v) is 8.62. The average molecular weight is 390 g/mol. The summed E-state index contributed by atoms with van der Waals surface area (Å²) in [5, 5.41) is 3.79. The van der Waals surface area contributed by atoms with Crippen LogP contribution in [0.25, 0.3) is 10.2 Å². The highest BCUT2D eigenvalue weighted by molar-refractivity contribution is 7.21. The van der Waals surface area contributed by atoms with Gasteiger partial charge in [-0.05, 0) is 43.7 Å². The number of carbonyl (C=O) groups excluding carboxylic acids is 2. The minimum Gasteiger partial charge on any atom is -0.451 e. The van der Waals surface area contributed by atoms with Gasteiger partial charge in [0.2, 0.25) is 0 Å². The first kappa shape index (κ1) is 19.6. The topological polar surface area (TPSA) is 94.3 Å². The first-order chi connectivity index (χ1) is 12.8. The molecule has 0 saturated heterocycles. The third-order valence-corrected chi connectivity index (χ3v) is 6.68. The Morgan fingerprint density at radius 3 is 2.81 bits per heavy atom. The molecule has 1 saturated carbocycles. The third-order valence-electron chi connectivity index (χ3n) is 5.60. The predicted molar refractivity (Wildman–Crippen MR) is 108 cm³/mol. The molecule has 3 rings (SSSR count). The van der Waals surface area contributed by atoms with Gasteiger partial charge in [-0.2, -0.15) is 0 Å². The van der Waals surface area contributed by atoms with Gasteiger partial charge in [0.15, 0.2) is 6.61 Å². The van der Waals surface area contributed by atoms with Crippen molar-refractivity contribution in [3.05, 3.63) is 22.2 Å². The monoisotopic (exact) mass is 389 g/mol. The number of pyridine rings is 1. The summed E-state index contributed by atoms with van der Waals surface area (Å²) in [6.07, 6.45) is 3.28. The van der Waals surface area contributed by atoms with Crippen LogP contribution in [0, 0.1) is 25.7 Å². The van der Waals surface area contributed by atoms with E-state index in [1.165, 1.54) is 17.8 Å². The number of nitrogen functional groups attached to an aromatic ring is 1. The fourth-order valence-corrected chi connectivity index (χ4v) is 4.96. The molecular weight excluding hydrogens is 362 g/mol. The van der Waals surface area contributed by atoms with E-state index >= 15 is 0 Å². The molecule has 0 unspecified atom stereocenters. The SMILES string of the molecule is Cc1cc(C)c2c(N)c(C(=O)OCC(=O)N[C@@H]3CCC[C@@H](C)[C@@H]3C)sc2n1. The molecule has 0 radical (unpaired) electrons. The third kappa shape index (κ3) is 4.08. The van der Waals surface area contributed by atoms with Crippen molar-refractivity contribution in [3.8, 4) is 0 Å². The van der Waals surface area contributed by atoms with Crippen molar-refractivity contribution in [3.63, 3.8) is 0 Å². The lowest BCUT2D eigenvalue weighted by Gasteiger charge is -2.34. The Bertz CT molecular complexity index is 877. The summed E-state index contributed by atoms with van der Waals surface area (Å²) >= 11 is 1.21. The zero-order valence-corrected chi connectivity index (χ0v) is 17.1. The largest absolute Gasteiger partial charge is 0.451 e. The van der Waals surface area contributed by atoms with Gasteiger partial charge in [0.05, 0.1) is 5.69 Å². The Kier molecular flexibility index (Phi) is 5.69. The molecule has 7 heteroatoms. The van der Waals surface area contributed by atoms with Crippen molar-refractivity contribution in [2.24, 2.45) is 11.8 Å². The lowest BCUT2D eigenvalue weighted by Crippen LogP contribution is -2.45. The van der Waals surface area contributed by atoms with Crippen LogP contribution in [0.4, 0.5) is 5.69 Å². The number of hydrogen-bond acceptors (Lipinski definition) is 6. The molecule has 27 heavy (non-hydrogen) atoms. The number of hydrogen-bond donors (Lipinski definition) is 2. The summed E-state index contributed by atoms with van der Waals surface area (Å²) in [5.74, 6) is 0.171. The molecule has 0 bridgehead atoms. The van der Waals surface area contributed by atoms with Crippen LogP contribution in [0.2, 0.25) is 0 Å². The van der Waals surface area contributed by atoms with E-state index < -0.39 is 5.97 Å². The maximum Gasteiger partial charge on any atom is 0.351 e. The molecular formula is C20H27N3O3S. The Hall–Kier alpha value is -2.15. The standard InChI is InChI=1S/C20H27N3O3S/c1-10-6-5-7-14(13(10)4)23-15(24)9-26-20(25)18-17(21)16-11(2)8-12(3)22-19(16)27-18/h8,10,13-14H,5-7,9,21H2,1-4H3,(H,23,24)/t10-,13+,14-/m1/s1. The fourth-order valence-electron chi connectivity index (χ4n) is 3.85. The van der Waals surface area contributed by atoms with E-state index in [9.17, 15) is 9.59 Å². The van der Waals surface area contributed by atoms with E-state index in [-0.39, 0.29) is 18.6 Å². The second-order valence-electron chi connectivity index (χ2n) is 7.62. The number of carbonyl (C=O) groups is 2. The Labute approximate surface area is 163 Å². The number of nitrogens with one attached hydrogen (secondary N) is 1. The zero-order chi connectivity index (χ0) is 19.7. The van der Waals surface area contributed by atoms with E-state index in [1.54, 1.807) is 0 Å². The minimum absolute atomic E-state index is 0.143. The van der Waals surface area contributed by atoms with Gasteiger partial charge in [-0.1, -0.05) is 26.7 Å². The molecule has 0 aliphatic heterocycles. The van der Waals surface area contributed by atoms with E-state index in [1.807, 2.05) is 19.9 Å². The smallest absolute Gasteiger partial charge is 0.351 e. The van der Waals surface area contributed by atoms with Crippen molar-refractivity contribution >= 4 is 39.1 Å². The number of aromatic nitrogens is 1. The number of thiophene rings is 1. The van der Waals surface area contributed by atoms with E-state index in [0.29, 0.717) is 27.2 Å². The van der Waals surface area contributed by atoms with Crippen LogP contribution in [0.5, 0.6) is 0 Å². The number of rotatable bonds is 4. The highest BCUT2D eigenvalue weighted by atomic mass is 32.1. The van der Waals surface area contributed by atoms with E-state index in [2.05, 4.69) is 24.1 Å². The van der Waals surface area contributed by atoms with Gasteiger partial charge < -0.3 is 15.8 Å². The number of esters is 1.